The third-order valence-electron chi connectivity index (χ3n) is 3.78. The minimum absolute atomic E-state index is 0.0814. The molecule has 2 unspecified atom stereocenters. The molecule has 0 radical (unpaired) electrons. The average molecular weight is 246 g/mol. The van der Waals surface area contributed by atoms with Gasteiger partial charge in [-0.3, -0.25) is 0 Å². The summed E-state index contributed by atoms with van der Waals surface area (Å²) in [7, 11) is -1.67. The van der Waals surface area contributed by atoms with Crippen molar-refractivity contribution in [2.24, 2.45) is 0 Å². The van der Waals surface area contributed by atoms with Crippen molar-refractivity contribution in [3.8, 4) is 0 Å². The molecule has 0 aromatic rings. The summed E-state index contributed by atoms with van der Waals surface area (Å²) < 4.78 is 11.7. The van der Waals surface area contributed by atoms with Crippen LogP contribution >= 0.6 is 0 Å². The molecule has 1 aliphatic rings. The Labute approximate surface area is 100 Å². The number of ether oxygens (including phenoxy) is 1. The molecule has 96 valence electrons. The highest BCUT2D eigenvalue weighted by Gasteiger charge is 2.38. The smallest absolute Gasteiger partial charge is 0.192 e. The summed E-state index contributed by atoms with van der Waals surface area (Å²) >= 11 is 0. The zero-order valence-electron chi connectivity index (χ0n) is 11.2. The SMILES string of the molecule is CC(C)(C)[Si](C)(C)OCC1CC(O)CCO1. The van der Waals surface area contributed by atoms with Crippen LogP contribution in [0.25, 0.3) is 0 Å². The van der Waals surface area contributed by atoms with Crippen molar-refractivity contribution >= 4 is 8.32 Å². The lowest BCUT2D eigenvalue weighted by molar-refractivity contribution is -0.0619. The third-order valence-corrected chi connectivity index (χ3v) is 8.28. The minimum Gasteiger partial charge on any atom is -0.414 e. The molecular formula is C12H26O3Si. The van der Waals surface area contributed by atoms with Crippen LogP contribution in [0.1, 0.15) is 33.6 Å². The summed E-state index contributed by atoms with van der Waals surface area (Å²) in [5, 5.41) is 9.78. The summed E-state index contributed by atoms with van der Waals surface area (Å²) in [4.78, 5) is 0. The van der Waals surface area contributed by atoms with Gasteiger partial charge in [-0.05, 0) is 24.6 Å². The van der Waals surface area contributed by atoms with Gasteiger partial charge in [-0.25, -0.2) is 0 Å². The van der Waals surface area contributed by atoms with E-state index in [2.05, 4.69) is 33.9 Å². The third kappa shape index (κ3) is 3.84. The molecule has 1 heterocycles. The van der Waals surface area contributed by atoms with E-state index in [4.69, 9.17) is 9.16 Å². The van der Waals surface area contributed by atoms with Crippen molar-refractivity contribution in [3.63, 3.8) is 0 Å². The van der Waals surface area contributed by atoms with Gasteiger partial charge in [0.15, 0.2) is 8.32 Å². The normalized spacial score (nSPS) is 28.1. The maximum absolute atomic E-state index is 9.54. The highest BCUT2D eigenvalue weighted by atomic mass is 28.4. The number of aliphatic hydroxyl groups excluding tert-OH is 1. The second-order valence-corrected chi connectivity index (χ2v) is 11.1. The van der Waals surface area contributed by atoms with Crippen LogP contribution in [0.5, 0.6) is 0 Å². The first kappa shape index (κ1) is 14.2. The van der Waals surface area contributed by atoms with E-state index in [-0.39, 0.29) is 17.2 Å². The van der Waals surface area contributed by atoms with Crippen molar-refractivity contribution in [1.82, 2.24) is 0 Å². The first-order valence-electron chi connectivity index (χ1n) is 6.16. The molecule has 0 spiro atoms. The molecule has 4 heteroatoms. The second-order valence-electron chi connectivity index (χ2n) is 6.24. The molecule has 0 aromatic carbocycles. The van der Waals surface area contributed by atoms with E-state index < -0.39 is 8.32 Å². The first-order chi connectivity index (χ1) is 7.22. The van der Waals surface area contributed by atoms with Crippen molar-refractivity contribution < 1.29 is 14.3 Å². The molecule has 1 aliphatic heterocycles. The molecule has 1 fully saturated rings. The van der Waals surface area contributed by atoms with E-state index in [1.54, 1.807) is 0 Å². The van der Waals surface area contributed by atoms with Crippen LogP contribution in [-0.4, -0.2) is 38.8 Å². The molecule has 1 N–H and O–H groups in total. The van der Waals surface area contributed by atoms with Crippen LogP contribution < -0.4 is 0 Å². The van der Waals surface area contributed by atoms with Gasteiger partial charge in [0.05, 0.1) is 18.8 Å². The van der Waals surface area contributed by atoms with E-state index in [0.717, 1.165) is 6.42 Å². The van der Waals surface area contributed by atoms with Gasteiger partial charge in [-0.2, -0.15) is 0 Å². The minimum atomic E-state index is -1.67. The summed E-state index contributed by atoms with van der Waals surface area (Å²) in [5.74, 6) is 0. The largest absolute Gasteiger partial charge is 0.414 e. The van der Waals surface area contributed by atoms with Gasteiger partial charge < -0.3 is 14.3 Å². The zero-order chi connectivity index (χ0) is 12.4. The quantitative estimate of drug-likeness (QED) is 0.778. The molecule has 0 aromatic heterocycles. The van der Waals surface area contributed by atoms with Crippen LogP contribution in [0.2, 0.25) is 18.1 Å². The number of rotatable bonds is 3. The van der Waals surface area contributed by atoms with Gasteiger partial charge in [-0.15, -0.1) is 0 Å². The van der Waals surface area contributed by atoms with Gasteiger partial charge in [0, 0.05) is 13.0 Å². The fourth-order valence-corrected chi connectivity index (χ4v) is 2.53. The van der Waals surface area contributed by atoms with Crippen molar-refractivity contribution in [2.75, 3.05) is 13.2 Å². The Hall–Kier alpha value is 0.0969. The Kier molecular flexibility index (Phi) is 4.57. The fourth-order valence-electron chi connectivity index (χ4n) is 1.49. The van der Waals surface area contributed by atoms with E-state index in [1.807, 2.05) is 0 Å². The fraction of sp³-hybridized carbons (Fsp3) is 1.00. The average Bonchev–Trinajstić information content (AvgIpc) is 2.13. The zero-order valence-corrected chi connectivity index (χ0v) is 12.2. The van der Waals surface area contributed by atoms with Gasteiger partial charge in [-0.1, -0.05) is 20.8 Å². The number of hydrogen-bond donors (Lipinski definition) is 1. The topological polar surface area (TPSA) is 38.7 Å². The Bertz CT molecular complexity index is 223. The highest BCUT2D eigenvalue weighted by molar-refractivity contribution is 6.74. The predicted octanol–water partition coefficient (Wildman–Crippen LogP) is 2.55. The Morgan fingerprint density at radius 2 is 2.00 bits per heavy atom. The Morgan fingerprint density at radius 1 is 1.38 bits per heavy atom. The summed E-state index contributed by atoms with van der Waals surface area (Å²) in [6, 6.07) is 0. The van der Waals surface area contributed by atoms with Crippen molar-refractivity contribution in [2.45, 2.75) is 64.0 Å². The van der Waals surface area contributed by atoms with Crippen molar-refractivity contribution in [1.29, 1.82) is 0 Å². The van der Waals surface area contributed by atoms with E-state index in [1.165, 1.54) is 0 Å². The molecule has 0 amide bonds. The lowest BCUT2D eigenvalue weighted by Gasteiger charge is -2.38. The lowest BCUT2D eigenvalue weighted by Crippen LogP contribution is -2.44. The van der Waals surface area contributed by atoms with Gasteiger partial charge in [0.25, 0.3) is 0 Å². The summed E-state index contributed by atoms with van der Waals surface area (Å²) in [6.07, 6.45) is 1.35. The van der Waals surface area contributed by atoms with Crippen LogP contribution in [0.4, 0.5) is 0 Å². The van der Waals surface area contributed by atoms with E-state index >= 15 is 0 Å². The van der Waals surface area contributed by atoms with Gasteiger partial charge >= 0.3 is 0 Å². The molecule has 1 rings (SSSR count). The molecule has 1 saturated heterocycles. The van der Waals surface area contributed by atoms with E-state index in [0.29, 0.717) is 19.6 Å². The van der Waals surface area contributed by atoms with Crippen LogP contribution in [-0.2, 0) is 9.16 Å². The summed E-state index contributed by atoms with van der Waals surface area (Å²) in [5.41, 5.74) is 0. The molecule has 16 heavy (non-hydrogen) atoms. The number of hydrogen-bond acceptors (Lipinski definition) is 3. The van der Waals surface area contributed by atoms with Crippen LogP contribution in [0, 0.1) is 0 Å². The molecule has 3 nitrogen and oxygen atoms in total. The Morgan fingerprint density at radius 3 is 2.50 bits per heavy atom. The van der Waals surface area contributed by atoms with E-state index in [9.17, 15) is 5.11 Å². The molecule has 0 aliphatic carbocycles. The maximum atomic E-state index is 9.54. The monoisotopic (exact) mass is 246 g/mol. The van der Waals surface area contributed by atoms with Crippen LogP contribution in [0.15, 0.2) is 0 Å². The highest BCUT2D eigenvalue weighted by Crippen LogP contribution is 2.36. The molecule has 2 atom stereocenters. The maximum Gasteiger partial charge on any atom is 0.192 e. The van der Waals surface area contributed by atoms with Crippen LogP contribution in [0.3, 0.4) is 0 Å². The molecule has 0 bridgehead atoms. The lowest BCUT2D eigenvalue weighted by atomic mass is 10.1. The summed E-state index contributed by atoms with van der Waals surface area (Å²) in [6.45, 7) is 12.5. The van der Waals surface area contributed by atoms with Gasteiger partial charge in [0.2, 0.25) is 0 Å². The molecule has 0 saturated carbocycles. The molecular weight excluding hydrogens is 220 g/mol. The van der Waals surface area contributed by atoms with Crippen molar-refractivity contribution in [3.05, 3.63) is 0 Å². The predicted molar refractivity (Wildman–Crippen MR) is 68.1 cm³/mol. The second kappa shape index (κ2) is 5.17. The van der Waals surface area contributed by atoms with Gasteiger partial charge in [0.1, 0.15) is 0 Å². The Balaban J connectivity index is 2.39. The number of aliphatic hydroxyl groups is 1. The standard InChI is InChI=1S/C12H26O3Si/c1-12(2,3)16(4,5)15-9-11-8-10(13)6-7-14-11/h10-11,13H,6-9H2,1-5H3. The first-order valence-corrected chi connectivity index (χ1v) is 9.07.